The van der Waals surface area contributed by atoms with Crippen molar-refractivity contribution in [2.45, 2.75) is 12.1 Å². The molecule has 0 amide bonds. The summed E-state index contributed by atoms with van der Waals surface area (Å²) in [5.41, 5.74) is -0.104. The second-order valence-corrected chi connectivity index (χ2v) is 4.15. The van der Waals surface area contributed by atoms with Crippen LogP contribution < -0.4 is 5.32 Å². The Balaban J connectivity index is 2.67. The SMILES string of the molecule is CCOC(=O)/C(C#N)=C/Nc1nc(SC)ns1. The van der Waals surface area contributed by atoms with Gasteiger partial charge in [0.25, 0.3) is 0 Å². The Hall–Kier alpha value is -1.59. The van der Waals surface area contributed by atoms with E-state index in [1.165, 1.54) is 18.0 Å². The van der Waals surface area contributed by atoms with E-state index in [0.29, 0.717) is 10.3 Å². The van der Waals surface area contributed by atoms with Crippen LogP contribution in [0.1, 0.15) is 6.92 Å². The van der Waals surface area contributed by atoms with Crippen molar-refractivity contribution in [2.75, 3.05) is 18.2 Å². The Morgan fingerprint density at radius 1 is 1.76 bits per heavy atom. The average Bonchev–Trinajstić information content (AvgIpc) is 2.78. The number of rotatable bonds is 5. The van der Waals surface area contributed by atoms with E-state index in [9.17, 15) is 4.79 Å². The molecule has 6 nitrogen and oxygen atoms in total. The Morgan fingerprint density at radius 2 is 2.53 bits per heavy atom. The Bertz CT molecular complexity index is 464. The molecule has 1 heterocycles. The lowest BCUT2D eigenvalue weighted by Gasteiger charge is -1.99. The number of nitrogens with zero attached hydrogens (tertiary/aromatic N) is 3. The largest absolute Gasteiger partial charge is 0.462 e. The summed E-state index contributed by atoms with van der Waals surface area (Å²) >= 11 is 2.57. The van der Waals surface area contributed by atoms with Crippen molar-refractivity contribution in [1.29, 1.82) is 5.26 Å². The summed E-state index contributed by atoms with van der Waals surface area (Å²) in [5.74, 6) is -0.655. The monoisotopic (exact) mass is 270 g/mol. The molecule has 0 saturated carbocycles. The molecule has 0 saturated heterocycles. The summed E-state index contributed by atoms with van der Waals surface area (Å²) in [7, 11) is 0. The fourth-order valence-corrected chi connectivity index (χ4v) is 1.93. The average molecular weight is 270 g/mol. The van der Waals surface area contributed by atoms with Gasteiger partial charge in [-0.25, -0.2) is 4.79 Å². The standard InChI is InChI=1S/C9H10N4O2S2/c1-3-15-7(14)6(4-10)5-11-8-12-9(16-2)13-17-8/h5H,3H2,1-2H3,(H,11,12,13)/b6-5+. The molecular weight excluding hydrogens is 260 g/mol. The highest BCUT2D eigenvalue weighted by molar-refractivity contribution is 7.98. The third-order valence-corrected chi connectivity index (χ3v) is 2.86. The fourth-order valence-electron chi connectivity index (χ4n) is 0.831. The van der Waals surface area contributed by atoms with Crippen LogP contribution >= 0.6 is 23.3 Å². The van der Waals surface area contributed by atoms with Gasteiger partial charge in [-0.3, -0.25) is 0 Å². The molecule has 0 spiro atoms. The number of nitriles is 1. The van der Waals surface area contributed by atoms with Crippen molar-refractivity contribution >= 4 is 34.4 Å². The van der Waals surface area contributed by atoms with Gasteiger partial charge in [-0.1, -0.05) is 11.8 Å². The van der Waals surface area contributed by atoms with Crippen LogP contribution in [0.3, 0.4) is 0 Å². The topological polar surface area (TPSA) is 87.9 Å². The zero-order valence-electron chi connectivity index (χ0n) is 9.26. The maximum Gasteiger partial charge on any atom is 0.350 e. The van der Waals surface area contributed by atoms with E-state index in [1.807, 2.05) is 6.26 Å². The summed E-state index contributed by atoms with van der Waals surface area (Å²) in [6.07, 6.45) is 3.13. The maximum absolute atomic E-state index is 11.3. The van der Waals surface area contributed by atoms with Gasteiger partial charge in [-0.15, -0.1) is 0 Å². The predicted octanol–water partition coefficient (Wildman–Crippen LogP) is 1.64. The summed E-state index contributed by atoms with van der Waals surface area (Å²) < 4.78 is 8.73. The van der Waals surface area contributed by atoms with Crippen LogP contribution in [0.25, 0.3) is 0 Å². The molecule has 1 rings (SSSR count). The van der Waals surface area contributed by atoms with E-state index in [2.05, 4.69) is 14.7 Å². The minimum absolute atomic E-state index is 0.104. The molecule has 1 N–H and O–H groups in total. The number of aromatic nitrogens is 2. The molecule has 0 aromatic carbocycles. The molecule has 0 aliphatic carbocycles. The van der Waals surface area contributed by atoms with E-state index in [0.717, 1.165) is 11.5 Å². The first-order valence-corrected chi connectivity index (χ1v) is 6.62. The number of ether oxygens (including phenoxy) is 1. The van der Waals surface area contributed by atoms with Gasteiger partial charge < -0.3 is 10.1 Å². The first-order chi connectivity index (χ1) is 8.21. The highest BCUT2D eigenvalue weighted by atomic mass is 32.2. The molecule has 0 aliphatic heterocycles. The van der Waals surface area contributed by atoms with Crippen LogP contribution in [0.5, 0.6) is 0 Å². The van der Waals surface area contributed by atoms with Crippen LogP contribution in [-0.2, 0) is 9.53 Å². The first kappa shape index (κ1) is 13.5. The zero-order chi connectivity index (χ0) is 12.7. The highest BCUT2D eigenvalue weighted by Crippen LogP contribution is 2.17. The fraction of sp³-hybridized carbons (Fsp3) is 0.333. The number of hydrogen-bond acceptors (Lipinski definition) is 8. The van der Waals surface area contributed by atoms with Crippen molar-refractivity contribution < 1.29 is 9.53 Å². The van der Waals surface area contributed by atoms with Crippen LogP contribution in [0, 0.1) is 11.3 Å². The van der Waals surface area contributed by atoms with Gasteiger partial charge >= 0.3 is 5.97 Å². The molecule has 8 heteroatoms. The van der Waals surface area contributed by atoms with E-state index in [-0.39, 0.29) is 12.2 Å². The molecule has 0 radical (unpaired) electrons. The number of nitrogens with one attached hydrogen (secondary N) is 1. The van der Waals surface area contributed by atoms with Crippen molar-refractivity contribution in [3.05, 3.63) is 11.8 Å². The number of hydrogen-bond donors (Lipinski definition) is 1. The van der Waals surface area contributed by atoms with E-state index in [4.69, 9.17) is 10.00 Å². The lowest BCUT2D eigenvalue weighted by molar-refractivity contribution is -0.138. The van der Waals surface area contributed by atoms with Crippen molar-refractivity contribution in [3.63, 3.8) is 0 Å². The van der Waals surface area contributed by atoms with Gasteiger partial charge in [0.1, 0.15) is 6.07 Å². The molecule has 0 fully saturated rings. The summed E-state index contributed by atoms with van der Waals surface area (Å²) in [4.78, 5) is 15.4. The number of thioether (sulfide) groups is 1. The third-order valence-electron chi connectivity index (χ3n) is 1.55. The van der Waals surface area contributed by atoms with Gasteiger partial charge in [0, 0.05) is 17.7 Å². The Labute approximate surface area is 107 Å². The van der Waals surface area contributed by atoms with Gasteiger partial charge in [0.15, 0.2) is 5.57 Å². The zero-order valence-corrected chi connectivity index (χ0v) is 10.9. The minimum Gasteiger partial charge on any atom is -0.462 e. The molecule has 1 aromatic heterocycles. The second kappa shape index (κ2) is 6.88. The van der Waals surface area contributed by atoms with Crippen molar-refractivity contribution in [1.82, 2.24) is 9.36 Å². The summed E-state index contributed by atoms with van der Waals surface area (Å²) in [5, 5.41) is 12.7. The lowest BCUT2D eigenvalue weighted by atomic mass is 10.3. The van der Waals surface area contributed by atoms with Crippen molar-refractivity contribution in [3.8, 4) is 6.07 Å². The maximum atomic E-state index is 11.3. The molecule has 0 aliphatic rings. The van der Waals surface area contributed by atoms with E-state index >= 15 is 0 Å². The van der Waals surface area contributed by atoms with E-state index in [1.54, 1.807) is 13.0 Å². The molecule has 0 atom stereocenters. The van der Waals surface area contributed by atoms with Gasteiger partial charge in [0.2, 0.25) is 10.3 Å². The normalized spacial score (nSPS) is 10.8. The van der Waals surface area contributed by atoms with Gasteiger partial charge in [-0.05, 0) is 13.2 Å². The smallest absolute Gasteiger partial charge is 0.350 e. The van der Waals surface area contributed by atoms with Gasteiger partial charge in [0.05, 0.1) is 6.61 Å². The predicted molar refractivity (Wildman–Crippen MR) is 65.6 cm³/mol. The lowest BCUT2D eigenvalue weighted by Crippen LogP contribution is -2.07. The molecule has 0 bridgehead atoms. The van der Waals surface area contributed by atoms with Crippen LogP contribution in [0.4, 0.5) is 5.13 Å². The van der Waals surface area contributed by atoms with Crippen LogP contribution in [0.15, 0.2) is 16.9 Å². The quantitative estimate of drug-likeness (QED) is 0.376. The molecule has 90 valence electrons. The molecule has 0 unspecified atom stereocenters. The number of anilines is 1. The van der Waals surface area contributed by atoms with E-state index < -0.39 is 5.97 Å². The number of esters is 1. The van der Waals surface area contributed by atoms with Crippen LogP contribution in [-0.4, -0.2) is 28.2 Å². The molecule has 17 heavy (non-hydrogen) atoms. The van der Waals surface area contributed by atoms with Gasteiger partial charge in [-0.2, -0.15) is 14.6 Å². The molecular formula is C9H10N4O2S2. The number of carbonyl (C=O) groups is 1. The summed E-state index contributed by atoms with van der Waals surface area (Å²) in [6.45, 7) is 1.91. The number of carbonyl (C=O) groups excluding carboxylic acids is 1. The minimum atomic E-state index is -0.655. The Kier molecular flexibility index (Phi) is 5.45. The first-order valence-electron chi connectivity index (χ1n) is 4.62. The molecule has 1 aromatic rings. The van der Waals surface area contributed by atoms with Crippen LogP contribution in [0.2, 0.25) is 0 Å². The highest BCUT2D eigenvalue weighted by Gasteiger charge is 2.09. The van der Waals surface area contributed by atoms with Crippen molar-refractivity contribution in [2.24, 2.45) is 0 Å². The Morgan fingerprint density at radius 3 is 3.06 bits per heavy atom. The summed E-state index contributed by atoms with van der Waals surface area (Å²) in [6, 6.07) is 1.75. The second-order valence-electron chi connectivity index (χ2n) is 2.62. The third kappa shape index (κ3) is 4.05.